The van der Waals surface area contributed by atoms with Crippen LogP contribution in [0.1, 0.15) is 25.3 Å². The lowest BCUT2D eigenvalue weighted by Gasteiger charge is -2.25. The van der Waals surface area contributed by atoms with Crippen molar-refractivity contribution in [3.8, 4) is 0 Å². The van der Waals surface area contributed by atoms with Crippen molar-refractivity contribution in [3.05, 3.63) is 36.0 Å². The molecule has 2 aromatic rings. The van der Waals surface area contributed by atoms with Crippen LogP contribution >= 0.6 is 0 Å². The van der Waals surface area contributed by atoms with E-state index >= 15 is 0 Å². The Bertz CT molecular complexity index is 1210. The SMILES string of the molecule is CC(O)C(N)C(=O)NC(CC(=O)O)C(=O)NC(Cc1c[nH]c2ccccc12)C(=O)NC(CC(N)=O)C(=O)O. The Labute approximate surface area is 215 Å². The third kappa shape index (κ3) is 8.28. The van der Waals surface area contributed by atoms with Gasteiger partial charge in [0.25, 0.3) is 0 Å². The largest absolute Gasteiger partial charge is 0.481 e. The van der Waals surface area contributed by atoms with Crippen molar-refractivity contribution in [3.63, 3.8) is 0 Å². The highest BCUT2D eigenvalue weighted by Gasteiger charge is 2.33. The van der Waals surface area contributed by atoms with Crippen molar-refractivity contribution in [2.24, 2.45) is 11.5 Å². The number of carbonyl (C=O) groups excluding carboxylic acids is 4. The van der Waals surface area contributed by atoms with E-state index in [1.165, 1.54) is 6.92 Å². The summed E-state index contributed by atoms with van der Waals surface area (Å²) >= 11 is 0. The summed E-state index contributed by atoms with van der Waals surface area (Å²) in [6.07, 6.45) is -1.50. The van der Waals surface area contributed by atoms with Gasteiger partial charge in [0.15, 0.2) is 0 Å². The molecule has 1 aromatic carbocycles. The van der Waals surface area contributed by atoms with Crippen molar-refractivity contribution in [2.45, 2.75) is 56.5 Å². The number of amides is 4. The molecular formula is C23H30N6O9. The fourth-order valence-corrected chi connectivity index (χ4v) is 3.55. The lowest BCUT2D eigenvalue weighted by molar-refractivity contribution is -0.144. The van der Waals surface area contributed by atoms with Gasteiger partial charge in [-0.05, 0) is 18.6 Å². The second-order valence-electron chi connectivity index (χ2n) is 8.62. The predicted octanol–water partition coefficient (Wildman–Crippen LogP) is -2.69. The Balaban J connectivity index is 2.35. The van der Waals surface area contributed by atoms with Crippen LogP contribution in [0, 0.1) is 0 Å². The van der Waals surface area contributed by atoms with E-state index in [4.69, 9.17) is 11.5 Å². The molecule has 0 aliphatic heterocycles. The minimum atomic E-state index is -1.69. The molecule has 0 bridgehead atoms. The lowest BCUT2D eigenvalue weighted by Crippen LogP contribution is -2.59. The first-order valence-electron chi connectivity index (χ1n) is 11.4. The van der Waals surface area contributed by atoms with Gasteiger partial charge in [0, 0.05) is 23.5 Å². The van der Waals surface area contributed by atoms with Crippen LogP contribution in [0.15, 0.2) is 30.5 Å². The average molecular weight is 535 g/mol. The number of hydrogen-bond acceptors (Lipinski definition) is 8. The number of nitrogens with two attached hydrogens (primary N) is 2. The monoisotopic (exact) mass is 534 g/mol. The van der Waals surface area contributed by atoms with Crippen molar-refractivity contribution in [1.82, 2.24) is 20.9 Å². The number of carboxylic acid groups (broad SMARTS) is 2. The molecule has 206 valence electrons. The number of aromatic amines is 1. The van der Waals surface area contributed by atoms with E-state index in [0.717, 1.165) is 0 Å². The van der Waals surface area contributed by atoms with Crippen molar-refractivity contribution in [2.75, 3.05) is 0 Å². The van der Waals surface area contributed by atoms with Crippen LogP contribution in [-0.4, -0.2) is 86.1 Å². The maximum atomic E-state index is 13.1. The van der Waals surface area contributed by atoms with E-state index in [9.17, 15) is 44.1 Å². The van der Waals surface area contributed by atoms with E-state index in [1.54, 1.807) is 30.5 Å². The van der Waals surface area contributed by atoms with Crippen LogP contribution in [0.25, 0.3) is 10.9 Å². The number of carbonyl (C=O) groups is 6. The van der Waals surface area contributed by atoms with Gasteiger partial charge in [-0.3, -0.25) is 24.0 Å². The Morgan fingerprint density at radius 3 is 2.05 bits per heavy atom. The normalized spacial score (nSPS) is 14.9. The van der Waals surface area contributed by atoms with Gasteiger partial charge < -0.3 is 47.7 Å². The first kappa shape index (κ1) is 29.7. The smallest absolute Gasteiger partial charge is 0.326 e. The zero-order valence-corrected chi connectivity index (χ0v) is 20.3. The molecule has 1 heterocycles. The first-order valence-corrected chi connectivity index (χ1v) is 11.4. The number of H-pyrrole nitrogens is 1. The molecular weight excluding hydrogens is 504 g/mol. The van der Waals surface area contributed by atoms with Crippen LogP contribution in [0.5, 0.6) is 0 Å². The second kappa shape index (κ2) is 13.2. The number of para-hydroxylation sites is 1. The molecule has 5 atom stereocenters. The summed E-state index contributed by atoms with van der Waals surface area (Å²) in [7, 11) is 0. The fourth-order valence-electron chi connectivity index (χ4n) is 3.55. The molecule has 5 unspecified atom stereocenters. The van der Waals surface area contributed by atoms with Crippen LogP contribution in [0.2, 0.25) is 0 Å². The molecule has 0 radical (unpaired) electrons. The number of aliphatic carboxylic acids is 2. The van der Waals surface area contributed by atoms with Gasteiger partial charge in [0.05, 0.1) is 18.9 Å². The van der Waals surface area contributed by atoms with Gasteiger partial charge in [-0.2, -0.15) is 0 Å². The van der Waals surface area contributed by atoms with Crippen LogP contribution < -0.4 is 27.4 Å². The molecule has 0 aliphatic carbocycles. The molecule has 38 heavy (non-hydrogen) atoms. The number of rotatable bonds is 14. The van der Waals surface area contributed by atoms with Gasteiger partial charge in [0.1, 0.15) is 24.2 Å². The number of primary amides is 1. The molecule has 1 aromatic heterocycles. The van der Waals surface area contributed by atoms with E-state index in [2.05, 4.69) is 20.9 Å². The Morgan fingerprint density at radius 2 is 1.47 bits per heavy atom. The highest BCUT2D eigenvalue weighted by Crippen LogP contribution is 2.19. The van der Waals surface area contributed by atoms with Gasteiger partial charge in [0.2, 0.25) is 23.6 Å². The molecule has 4 amide bonds. The number of carboxylic acids is 2. The lowest BCUT2D eigenvalue weighted by atomic mass is 10.0. The highest BCUT2D eigenvalue weighted by atomic mass is 16.4. The van der Waals surface area contributed by atoms with Crippen LogP contribution in [0.3, 0.4) is 0 Å². The molecule has 15 heteroatoms. The number of nitrogens with one attached hydrogen (secondary N) is 4. The molecule has 2 rings (SSSR count). The number of fused-ring (bicyclic) bond motifs is 1. The van der Waals surface area contributed by atoms with E-state index in [-0.39, 0.29) is 6.42 Å². The summed E-state index contributed by atoms with van der Waals surface area (Å²) in [5.41, 5.74) is 11.9. The number of hydrogen-bond donors (Lipinski definition) is 9. The maximum absolute atomic E-state index is 13.1. The summed E-state index contributed by atoms with van der Waals surface area (Å²) in [5.74, 6) is -7.09. The third-order valence-electron chi connectivity index (χ3n) is 5.59. The second-order valence-corrected chi connectivity index (χ2v) is 8.62. The molecule has 0 aliphatic rings. The topological polar surface area (TPSA) is 267 Å². The zero-order chi connectivity index (χ0) is 28.6. The van der Waals surface area contributed by atoms with E-state index < -0.39 is 78.7 Å². The highest BCUT2D eigenvalue weighted by molar-refractivity contribution is 5.96. The van der Waals surface area contributed by atoms with Crippen LogP contribution in [0.4, 0.5) is 0 Å². The number of aliphatic hydroxyl groups excluding tert-OH is 1. The summed E-state index contributed by atoms with van der Waals surface area (Å²) in [6, 6.07) is 0.714. The molecule has 0 fully saturated rings. The van der Waals surface area contributed by atoms with E-state index in [1.807, 2.05) is 0 Å². The van der Waals surface area contributed by atoms with Gasteiger partial charge >= 0.3 is 11.9 Å². The Kier molecular flexibility index (Phi) is 10.3. The third-order valence-corrected chi connectivity index (χ3v) is 5.59. The maximum Gasteiger partial charge on any atom is 0.326 e. The Hall–Kier alpha value is -4.50. The summed E-state index contributed by atoms with van der Waals surface area (Å²) in [6.45, 7) is 1.23. The molecule has 15 nitrogen and oxygen atoms in total. The predicted molar refractivity (Wildman–Crippen MR) is 131 cm³/mol. The summed E-state index contributed by atoms with van der Waals surface area (Å²) in [5, 5.41) is 35.4. The Morgan fingerprint density at radius 1 is 0.895 bits per heavy atom. The summed E-state index contributed by atoms with van der Waals surface area (Å²) in [4.78, 5) is 75.5. The van der Waals surface area contributed by atoms with Crippen molar-refractivity contribution >= 4 is 46.5 Å². The quantitative estimate of drug-likeness (QED) is 0.121. The molecule has 0 saturated carbocycles. The number of benzene rings is 1. The van der Waals surface area contributed by atoms with Gasteiger partial charge in [-0.25, -0.2) is 4.79 Å². The molecule has 0 saturated heterocycles. The minimum Gasteiger partial charge on any atom is -0.481 e. The van der Waals surface area contributed by atoms with Gasteiger partial charge in [-0.15, -0.1) is 0 Å². The molecule has 0 spiro atoms. The van der Waals surface area contributed by atoms with E-state index in [0.29, 0.717) is 16.5 Å². The fraction of sp³-hybridized carbons (Fsp3) is 0.391. The molecule has 11 N–H and O–H groups in total. The summed E-state index contributed by atoms with van der Waals surface area (Å²) < 4.78 is 0. The standard InChI is InChI=1S/C23H30N6O9/c1-10(30)19(25)22(36)28-15(8-18(32)33)21(35)27-14(20(34)29-16(23(37)38)7-17(24)31)6-11-9-26-13-5-3-2-4-12(11)13/h2-5,9-10,14-16,19,26,30H,6-8,25H2,1H3,(H2,24,31)(H,27,35)(H,28,36)(H,29,34)(H,32,33)(H,37,38). The van der Waals surface area contributed by atoms with Crippen LogP contribution in [-0.2, 0) is 35.2 Å². The number of aromatic nitrogens is 1. The van der Waals surface area contributed by atoms with Crippen molar-refractivity contribution in [1.29, 1.82) is 0 Å². The van der Waals surface area contributed by atoms with Gasteiger partial charge in [-0.1, -0.05) is 18.2 Å². The van der Waals surface area contributed by atoms with Crippen molar-refractivity contribution < 1.29 is 44.1 Å². The minimum absolute atomic E-state index is 0.175. The average Bonchev–Trinajstić information content (AvgIpc) is 3.24. The number of aliphatic hydroxyl groups is 1. The zero-order valence-electron chi connectivity index (χ0n) is 20.3. The first-order chi connectivity index (χ1) is 17.8.